The highest BCUT2D eigenvalue weighted by Crippen LogP contribution is 2.25. The van der Waals surface area contributed by atoms with Gasteiger partial charge in [0.25, 0.3) is 0 Å². The SMILES string of the molecule is CCC(=O)n1cc(C(C)(C)C)n(Cc2ccc(-c3ccccc3C(=O)O)cc2)c1=O. The maximum Gasteiger partial charge on any atom is 0.336 e. The summed E-state index contributed by atoms with van der Waals surface area (Å²) in [5.41, 5.74) is 2.70. The van der Waals surface area contributed by atoms with Crippen LogP contribution in [0.4, 0.5) is 0 Å². The minimum Gasteiger partial charge on any atom is -0.478 e. The van der Waals surface area contributed by atoms with Gasteiger partial charge in [-0.1, -0.05) is 70.2 Å². The van der Waals surface area contributed by atoms with E-state index in [1.54, 1.807) is 42.0 Å². The number of nitrogens with zero attached hydrogens (tertiary/aromatic N) is 2. The standard InChI is InChI=1S/C24H26N2O4/c1-5-21(27)26-15-20(24(2,3)4)25(23(26)30)14-16-10-12-17(13-11-16)18-8-6-7-9-19(18)22(28)29/h6-13,15H,5,14H2,1-4H3,(H,28,29). The Hall–Kier alpha value is -3.41. The molecule has 0 unspecified atom stereocenters. The summed E-state index contributed by atoms with van der Waals surface area (Å²) in [5, 5.41) is 9.41. The minimum atomic E-state index is -0.974. The van der Waals surface area contributed by atoms with Crippen molar-refractivity contribution in [3.63, 3.8) is 0 Å². The highest BCUT2D eigenvalue weighted by molar-refractivity contribution is 5.96. The van der Waals surface area contributed by atoms with Crippen LogP contribution >= 0.6 is 0 Å². The number of carbonyl (C=O) groups excluding carboxylic acids is 1. The van der Waals surface area contributed by atoms with Gasteiger partial charge < -0.3 is 5.11 Å². The molecular weight excluding hydrogens is 380 g/mol. The smallest absolute Gasteiger partial charge is 0.336 e. The molecule has 0 aliphatic carbocycles. The van der Waals surface area contributed by atoms with Crippen LogP contribution in [0.3, 0.4) is 0 Å². The minimum absolute atomic E-state index is 0.232. The largest absolute Gasteiger partial charge is 0.478 e. The molecule has 0 fully saturated rings. The number of carboxylic acid groups (broad SMARTS) is 1. The van der Waals surface area contributed by atoms with E-state index in [1.807, 2.05) is 45.0 Å². The van der Waals surface area contributed by atoms with Crippen molar-refractivity contribution in [3.8, 4) is 11.1 Å². The molecule has 0 saturated heterocycles. The number of aromatic carboxylic acids is 1. The summed E-state index contributed by atoms with van der Waals surface area (Å²) in [6, 6.07) is 14.3. The summed E-state index contributed by atoms with van der Waals surface area (Å²) in [4.78, 5) is 36.5. The Bertz CT molecular complexity index is 1150. The van der Waals surface area contributed by atoms with Crippen molar-refractivity contribution in [2.24, 2.45) is 0 Å². The van der Waals surface area contributed by atoms with Crippen molar-refractivity contribution >= 4 is 11.9 Å². The number of imidazole rings is 1. The Morgan fingerprint density at radius 3 is 2.20 bits per heavy atom. The summed E-state index contributed by atoms with van der Waals surface area (Å²) in [6.07, 6.45) is 1.90. The van der Waals surface area contributed by atoms with Gasteiger partial charge in [-0.25, -0.2) is 14.2 Å². The summed E-state index contributed by atoms with van der Waals surface area (Å²) in [5.74, 6) is -1.21. The van der Waals surface area contributed by atoms with E-state index in [2.05, 4.69) is 0 Å². The average molecular weight is 406 g/mol. The van der Waals surface area contributed by atoms with Gasteiger partial charge in [0, 0.05) is 23.7 Å². The topological polar surface area (TPSA) is 81.3 Å². The molecular formula is C24H26N2O4. The normalized spacial score (nSPS) is 11.5. The zero-order valence-corrected chi connectivity index (χ0v) is 17.7. The lowest BCUT2D eigenvalue weighted by Crippen LogP contribution is -2.30. The maximum atomic E-state index is 12.9. The quantitative estimate of drug-likeness (QED) is 0.680. The molecule has 0 saturated carbocycles. The van der Waals surface area contributed by atoms with Crippen molar-refractivity contribution in [2.75, 3.05) is 0 Å². The third-order valence-electron chi connectivity index (χ3n) is 5.08. The van der Waals surface area contributed by atoms with E-state index in [0.29, 0.717) is 12.1 Å². The van der Waals surface area contributed by atoms with Crippen LogP contribution in [0.1, 0.15) is 60.5 Å². The molecule has 0 aliphatic heterocycles. The Morgan fingerprint density at radius 2 is 1.63 bits per heavy atom. The van der Waals surface area contributed by atoms with E-state index >= 15 is 0 Å². The zero-order valence-electron chi connectivity index (χ0n) is 17.7. The molecule has 0 amide bonds. The van der Waals surface area contributed by atoms with Crippen molar-refractivity contribution in [2.45, 2.75) is 46.1 Å². The van der Waals surface area contributed by atoms with Gasteiger partial charge in [0.2, 0.25) is 5.91 Å². The lowest BCUT2D eigenvalue weighted by molar-refractivity contribution is 0.0697. The Kier molecular flexibility index (Phi) is 5.78. The molecule has 0 spiro atoms. The van der Waals surface area contributed by atoms with Gasteiger partial charge in [-0.3, -0.25) is 9.36 Å². The fourth-order valence-corrected chi connectivity index (χ4v) is 3.47. The third kappa shape index (κ3) is 4.13. The molecule has 30 heavy (non-hydrogen) atoms. The molecule has 3 aromatic rings. The van der Waals surface area contributed by atoms with Crippen LogP contribution in [0.15, 0.2) is 59.5 Å². The van der Waals surface area contributed by atoms with Gasteiger partial charge in [-0.15, -0.1) is 0 Å². The number of carboxylic acids is 1. The van der Waals surface area contributed by atoms with Crippen molar-refractivity contribution in [1.29, 1.82) is 0 Å². The van der Waals surface area contributed by atoms with E-state index in [4.69, 9.17) is 0 Å². The first-order valence-electron chi connectivity index (χ1n) is 9.91. The molecule has 0 radical (unpaired) electrons. The molecule has 0 bridgehead atoms. The predicted octanol–water partition coefficient (Wildman–Crippen LogP) is 4.41. The Labute approximate surface area is 175 Å². The van der Waals surface area contributed by atoms with E-state index < -0.39 is 5.97 Å². The fraction of sp³-hybridized carbons (Fsp3) is 0.292. The molecule has 6 nitrogen and oxygen atoms in total. The molecule has 1 aromatic heterocycles. The van der Waals surface area contributed by atoms with Crippen LogP contribution in [0, 0.1) is 0 Å². The molecule has 0 aliphatic rings. The summed E-state index contributed by atoms with van der Waals surface area (Å²) >= 11 is 0. The Balaban J connectivity index is 1.99. The number of benzene rings is 2. The first-order chi connectivity index (χ1) is 14.1. The van der Waals surface area contributed by atoms with Crippen molar-refractivity contribution < 1.29 is 14.7 Å². The number of hydrogen-bond acceptors (Lipinski definition) is 3. The number of rotatable bonds is 5. The van der Waals surface area contributed by atoms with Crippen LogP contribution in [0.2, 0.25) is 0 Å². The molecule has 2 aromatic carbocycles. The van der Waals surface area contributed by atoms with E-state index in [0.717, 1.165) is 16.8 Å². The van der Waals surface area contributed by atoms with Crippen LogP contribution in [0.25, 0.3) is 11.1 Å². The van der Waals surface area contributed by atoms with Gasteiger partial charge in [-0.2, -0.15) is 0 Å². The lowest BCUT2D eigenvalue weighted by Gasteiger charge is -2.20. The monoisotopic (exact) mass is 406 g/mol. The molecule has 3 rings (SSSR count). The van der Waals surface area contributed by atoms with Gasteiger partial charge in [-0.05, 0) is 22.8 Å². The van der Waals surface area contributed by atoms with Crippen molar-refractivity contribution in [3.05, 3.63) is 82.0 Å². The van der Waals surface area contributed by atoms with Crippen LogP contribution in [-0.4, -0.2) is 26.1 Å². The molecule has 1 N–H and O–H groups in total. The Morgan fingerprint density at radius 1 is 1.00 bits per heavy atom. The average Bonchev–Trinajstić information content (AvgIpc) is 3.04. The second-order valence-corrected chi connectivity index (χ2v) is 8.30. The van der Waals surface area contributed by atoms with Gasteiger partial charge in [0.05, 0.1) is 12.1 Å². The second kappa shape index (κ2) is 8.14. The maximum absolute atomic E-state index is 12.9. The van der Waals surface area contributed by atoms with Gasteiger partial charge in [0.1, 0.15) is 0 Å². The molecule has 1 heterocycles. The van der Waals surface area contributed by atoms with E-state index in [1.165, 1.54) is 4.57 Å². The first kappa shape index (κ1) is 21.3. The molecule has 6 heteroatoms. The third-order valence-corrected chi connectivity index (χ3v) is 5.08. The number of carbonyl (C=O) groups is 2. The summed E-state index contributed by atoms with van der Waals surface area (Å²) < 4.78 is 2.83. The fourth-order valence-electron chi connectivity index (χ4n) is 3.47. The van der Waals surface area contributed by atoms with Crippen LogP contribution in [-0.2, 0) is 12.0 Å². The highest BCUT2D eigenvalue weighted by atomic mass is 16.4. The number of aromatic nitrogens is 2. The van der Waals surface area contributed by atoms with Gasteiger partial charge in [0.15, 0.2) is 0 Å². The molecule has 156 valence electrons. The highest BCUT2D eigenvalue weighted by Gasteiger charge is 2.24. The zero-order chi connectivity index (χ0) is 22.1. The van der Waals surface area contributed by atoms with Crippen molar-refractivity contribution in [1.82, 2.24) is 9.13 Å². The summed E-state index contributed by atoms with van der Waals surface area (Å²) in [7, 11) is 0. The molecule has 0 atom stereocenters. The first-order valence-corrected chi connectivity index (χ1v) is 9.91. The van der Waals surface area contributed by atoms with E-state index in [-0.39, 0.29) is 29.0 Å². The van der Waals surface area contributed by atoms with Gasteiger partial charge >= 0.3 is 11.7 Å². The lowest BCUT2D eigenvalue weighted by atomic mass is 9.92. The predicted molar refractivity (Wildman–Crippen MR) is 116 cm³/mol. The van der Waals surface area contributed by atoms with E-state index in [9.17, 15) is 19.5 Å². The second-order valence-electron chi connectivity index (χ2n) is 8.30. The van der Waals surface area contributed by atoms with Crippen LogP contribution in [0.5, 0.6) is 0 Å². The summed E-state index contributed by atoms with van der Waals surface area (Å²) in [6.45, 7) is 8.08. The van der Waals surface area contributed by atoms with Crippen LogP contribution < -0.4 is 5.69 Å². The number of hydrogen-bond donors (Lipinski definition) is 1.